The quantitative estimate of drug-likeness (QED) is 0.259. The number of nitrogens with zero attached hydrogens (tertiary/aromatic N) is 3. The summed E-state index contributed by atoms with van der Waals surface area (Å²) in [5.74, 6) is 0.540. The molecule has 2 atom stereocenters. The summed E-state index contributed by atoms with van der Waals surface area (Å²) in [6, 6.07) is 14.1. The Morgan fingerprint density at radius 2 is 1.95 bits per heavy atom. The number of aliphatic hydroxyl groups is 1. The molecule has 0 unspecified atom stereocenters. The van der Waals surface area contributed by atoms with Gasteiger partial charge >= 0.3 is 6.09 Å². The normalized spacial score (nSPS) is 12.8. The molecule has 2 aromatic carbocycles. The third-order valence-corrected chi connectivity index (χ3v) is 6.91. The highest BCUT2D eigenvalue weighted by Crippen LogP contribution is 2.20. The van der Waals surface area contributed by atoms with Crippen molar-refractivity contribution < 1.29 is 23.8 Å². The second-order valence-electron chi connectivity index (χ2n) is 9.80. The Kier molecular flexibility index (Phi) is 9.67. The Morgan fingerprint density at radius 1 is 1.15 bits per heavy atom. The number of thiazole rings is 1. The van der Waals surface area contributed by atoms with Gasteiger partial charge in [0.05, 0.1) is 22.5 Å². The fraction of sp³-hybridized carbons (Fsp3) is 0.379. The monoisotopic (exact) mass is 550 g/mol. The van der Waals surface area contributed by atoms with E-state index in [0.717, 1.165) is 10.4 Å². The number of carbonyl (C=O) groups is 2. The molecule has 4 aromatic rings. The number of ether oxygens (including phenoxy) is 1. The van der Waals surface area contributed by atoms with Crippen molar-refractivity contribution in [3.63, 3.8) is 0 Å². The zero-order valence-corrected chi connectivity index (χ0v) is 23.2. The van der Waals surface area contributed by atoms with Gasteiger partial charge in [0.1, 0.15) is 12.1 Å². The average Bonchev–Trinajstić information content (AvgIpc) is 3.60. The van der Waals surface area contributed by atoms with Gasteiger partial charge in [-0.2, -0.15) is 0 Å². The van der Waals surface area contributed by atoms with Crippen LogP contribution in [0.4, 0.5) is 4.79 Å². The number of oxazole rings is 1. The van der Waals surface area contributed by atoms with Gasteiger partial charge in [0.15, 0.2) is 11.5 Å². The molecule has 0 radical (unpaired) electrons. The first-order valence-electron chi connectivity index (χ1n) is 13.0. The molecule has 2 amide bonds. The minimum Gasteiger partial charge on any atom is -0.444 e. The van der Waals surface area contributed by atoms with Crippen LogP contribution in [0.3, 0.4) is 0 Å². The second kappa shape index (κ2) is 13.3. The topological polar surface area (TPSA) is 118 Å². The number of aryl methyl sites for hydroxylation is 1. The molecule has 0 saturated heterocycles. The fourth-order valence-corrected chi connectivity index (χ4v) is 4.77. The van der Waals surface area contributed by atoms with Crippen molar-refractivity contribution in [1.82, 2.24) is 20.2 Å². The van der Waals surface area contributed by atoms with Crippen LogP contribution in [-0.4, -0.2) is 57.2 Å². The Balaban J connectivity index is 1.51. The number of carbonyl (C=O) groups excluding carboxylic acids is 2. The standard InChI is InChI=1S/C29H34N4O5S/c1-4-27-31-23-11-10-21(13-26(23)38-27)28(35)33(15-19(2)3)16-25(34)24(12-20-8-6-5-7-9-20)32-29(36)37-17-22-14-30-18-39-22/h5-11,13-14,18-19,24-25,34H,4,12,15-17H2,1-3H3,(H,32,36)/t24-,25+/m0/s1. The number of hydrogen-bond acceptors (Lipinski definition) is 8. The van der Waals surface area contributed by atoms with Gasteiger partial charge in [0.2, 0.25) is 0 Å². The van der Waals surface area contributed by atoms with Crippen molar-refractivity contribution in [2.24, 2.45) is 5.92 Å². The number of nitrogens with one attached hydrogen (secondary N) is 1. The van der Waals surface area contributed by atoms with Gasteiger partial charge in [-0.3, -0.25) is 9.78 Å². The van der Waals surface area contributed by atoms with Crippen molar-refractivity contribution in [3.8, 4) is 0 Å². The summed E-state index contributed by atoms with van der Waals surface area (Å²) in [6.07, 6.45) is 0.970. The molecule has 0 aliphatic heterocycles. The first-order chi connectivity index (χ1) is 18.8. The lowest BCUT2D eigenvalue weighted by molar-refractivity contribution is 0.0494. The van der Waals surface area contributed by atoms with Crippen LogP contribution >= 0.6 is 11.3 Å². The van der Waals surface area contributed by atoms with E-state index in [0.29, 0.717) is 41.9 Å². The lowest BCUT2D eigenvalue weighted by Gasteiger charge is -2.31. The predicted octanol–water partition coefficient (Wildman–Crippen LogP) is 4.84. The second-order valence-corrected chi connectivity index (χ2v) is 10.8. The van der Waals surface area contributed by atoms with Crippen LogP contribution in [0.25, 0.3) is 11.1 Å². The summed E-state index contributed by atoms with van der Waals surface area (Å²) in [5, 5.41) is 14.2. The zero-order valence-electron chi connectivity index (χ0n) is 22.4. The highest BCUT2D eigenvalue weighted by atomic mass is 32.1. The third-order valence-electron chi connectivity index (χ3n) is 6.16. The molecule has 0 aliphatic carbocycles. The van der Waals surface area contributed by atoms with Crippen LogP contribution in [0.1, 0.15) is 47.5 Å². The zero-order chi connectivity index (χ0) is 27.8. The highest BCUT2D eigenvalue weighted by molar-refractivity contribution is 7.09. The van der Waals surface area contributed by atoms with E-state index in [4.69, 9.17) is 9.15 Å². The van der Waals surface area contributed by atoms with Gasteiger partial charge in [-0.05, 0) is 36.1 Å². The van der Waals surface area contributed by atoms with Crippen molar-refractivity contribution in [2.45, 2.75) is 52.4 Å². The van der Waals surface area contributed by atoms with Gasteiger partial charge in [-0.15, -0.1) is 11.3 Å². The maximum atomic E-state index is 13.6. The minimum absolute atomic E-state index is 0.0261. The number of alkyl carbamates (subject to hydrolysis) is 1. The molecule has 0 spiro atoms. The van der Waals surface area contributed by atoms with Crippen LogP contribution in [0.2, 0.25) is 0 Å². The molecule has 9 nitrogen and oxygen atoms in total. The van der Waals surface area contributed by atoms with Crippen molar-refractivity contribution >= 4 is 34.4 Å². The summed E-state index contributed by atoms with van der Waals surface area (Å²) in [6.45, 7) is 6.52. The summed E-state index contributed by atoms with van der Waals surface area (Å²) >= 11 is 1.39. The SMILES string of the molecule is CCc1nc2ccc(C(=O)N(CC(C)C)C[C@@H](O)[C@H](Cc3ccccc3)NC(=O)OCc3cncs3)cc2o1. The van der Waals surface area contributed by atoms with Crippen LogP contribution in [0, 0.1) is 5.92 Å². The number of aromatic nitrogens is 2. The van der Waals surface area contributed by atoms with E-state index in [9.17, 15) is 14.7 Å². The molecule has 0 fully saturated rings. The molecule has 0 aliphatic rings. The van der Waals surface area contributed by atoms with E-state index >= 15 is 0 Å². The van der Waals surface area contributed by atoms with Crippen molar-refractivity contribution in [3.05, 3.63) is 82.1 Å². The molecular weight excluding hydrogens is 516 g/mol. The summed E-state index contributed by atoms with van der Waals surface area (Å²) in [5.41, 5.74) is 4.30. The average molecular weight is 551 g/mol. The van der Waals surface area contributed by atoms with Gasteiger partial charge in [0.25, 0.3) is 5.91 Å². The third kappa shape index (κ3) is 7.87. The molecular formula is C29H34N4O5S. The van der Waals surface area contributed by atoms with Crippen LogP contribution in [0.5, 0.6) is 0 Å². The number of amides is 2. The van der Waals surface area contributed by atoms with E-state index in [1.54, 1.807) is 34.8 Å². The van der Waals surface area contributed by atoms with Crippen LogP contribution < -0.4 is 5.32 Å². The maximum absolute atomic E-state index is 13.6. The van der Waals surface area contributed by atoms with E-state index in [2.05, 4.69) is 15.3 Å². The number of benzene rings is 2. The molecule has 39 heavy (non-hydrogen) atoms. The number of aliphatic hydroxyl groups excluding tert-OH is 1. The van der Waals surface area contributed by atoms with E-state index in [1.165, 1.54) is 11.3 Å². The van der Waals surface area contributed by atoms with Gasteiger partial charge < -0.3 is 24.5 Å². The molecule has 2 heterocycles. The molecule has 0 bridgehead atoms. The van der Waals surface area contributed by atoms with Crippen LogP contribution in [-0.2, 0) is 24.2 Å². The Labute approximate surface area is 231 Å². The van der Waals surface area contributed by atoms with E-state index in [1.807, 2.05) is 51.1 Å². The Bertz CT molecular complexity index is 1360. The van der Waals surface area contributed by atoms with Gasteiger partial charge in [-0.25, -0.2) is 9.78 Å². The van der Waals surface area contributed by atoms with Gasteiger partial charge in [0, 0.05) is 31.3 Å². The predicted molar refractivity (Wildman–Crippen MR) is 150 cm³/mol. The first kappa shape index (κ1) is 28.3. The maximum Gasteiger partial charge on any atom is 0.407 e. The summed E-state index contributed by atoms with van der Waals surface area (Å²) in [4.78, 5) is 37.1. The lowest BCUT2D eigenvalue weighted by Crippen LogP contribution is -2.51. The van der Waals surface area contributed by atoms with Crippen LogP contribution in [0.15, 0.2) is 64.7 Å². The van der Waals surface area contributed by atoms with E-state index < -0.39 is 18.2 Å². The molecule has 4 rings (SSSR count). The molecule has 206 valence electrons. The lowest BCUT2D eigenvalue weighted by atomic mass is 10.00. The smallest absolute Gasteiger partial charge is 0.407 e. The van der Waals surface area contributed by atoms with Crippen molar-refractivity contribution in [1.29, 1.82) is 0 Å². The largest absolute Gasteiger partial charge is 0.444 e. The van der Waals surface area contributed by atoms with E-state index in [-0.39, 0.29) is 25.0 Å². The minimum atomic E-state index is -1.05. The highest BCUT2D eigenvalue weighted by Gasteiger charge is 2.28. The Morgan fingerprint density at radius 3 is 2.64 bits per heavy atom. The molecule has 2 N–H and O–H groups in total. The molecule has 0 saturated carbocycles. The number of fused-ring (bicyclic) bond motifs is 1. The summed E-state index contributed by atoms with van der Waals surface area (Å²) in [7, 11) is 0. The molecule has 10 heteroatoms. The van der Waals surface area contributed by atoms with Crippen molar-refractivity contribution in [2.75, 3.05) is 13.1 Å². The first-order valence-corrected chi connectivity index (χ1v) is 13.9. The number of hydrogen-bond donors (Lipinski definition) is 2. The fourth-order valence-electron chi connectivity index (χ4n) is 4.27. The number of rotatable bonds is 12. The Hall–Kier alpha value is -3.76. The van der Waals surface area contributed by atoms with Gasteiger partial charge in [-0.1, -0.05) is 51.1 Å². The summed E-state index contributed by atoms with van der Waals surface area (Å²) < 4.78 is 11.1. The molecule has 2 aromatic heterocycles.